The fraction of sp³-hybridized carbons (Fsp3) is 0.192. The average Bonchev–Trinajstić information content (AvgIpc) is 3.11. The molecule has 3 amide bonds. The second-order valence-electron chi connectivity index (χ2n) is 8.39. The van der Waals surface area contributed by atoms with E-state index in [9.17, 15) is 14.4 Å². The Kier molecular flexibility index (Phi) is 6.07. The van der Waals surface area contributed by atoms with Crippen molar-refractivity contribution in [3.63, 3.8) is 0 Å². The van der Waals surface area contributed by atoms with E-state index in [0.29, 0.717) is 35.7 Å². The molecular formula is C26H24N6O4. The number of hydrogen-bond donors (Lipinski definition) is 2. The Morgan fingerprint density at radius 1 is 1.08 bits per heavy atom. The Morgan fingerprint density at radius 3 is 2.75 bits per heavy atom. The minimum absolute atomic E-state index is 0.0879. The van der Waals surface area contributed by atoms with E-state index in [0.717, 1.165) is 16.9 Å². The molecule has 4 aromatic rings. The highest BCUT2D eigenvalue weighted by molar-refractivity contribution is 6.12. The quantitative estimate of drug-likeness (QED) is 0.434. The van der Waals surface area contributed by atoms with Crippen molar-refractivity contribution in [3.8, 4) is 11.6 Å². The lowest BCUT2D eigenvalue weighted by molar-refractivity contribution is -0.119. The van der Waals surface area contributed by atoms with Gasteiger partial charge in [0.05, 0.1) is 16.6 Å². The van der Waals surface area contributed by atoms with Crippen LogP contribution in [0.3, 0.4) is 0 Å². The first kappa shape index (κ1) is 23.0. The molecule has 0 radical (unpaired) electrons. The molecule has 2 N–H and O–H groups in total. The highest BCUT2D eigenvalue weighted by Crippen LogP contribution is 2.37. The van der Waals surface area contributed by atoms with Crippen LogP contribution in [0.5, 0.6) is 11.6 Å². The van der Waals surface area contributed by atoms with Crippen LogP contribution < -0.4 is 20.3 Å². The van der Waals surface area contributed by atoms with Crippen LogP contribution in [0, 0.1) is 0 Å². The summed E-state index contributed by atoms with van der Waals surface area (Å²) in [5.41, 5.74) is 2.95. The normalized spacial score (nSPS) is 12.4. The van der Waals surface area contributed by atoms with E-state index >= 15 is 0 Å². The third-order valence-corrected chi connectivity index (χ3v) is 5.89. The van der Waals surface area contributed by atoms with Crippen molar-refractivity contribution in [2.24, 2.45) is 7.05 Å². The van der Waals surface area contributed by atoms with E-state index in [2.05, 4.69) is 20.6 Å². The second-order valence-corrected chi connectivity index (χ2v) is 8.39. The van der Waals surface area contributed by atoms with Gasteiger partial charge in [-0.1, -0.05) is 12.1 Å². The summed E-state index contributed by atoms with van der Waals surface area (Å²) in [4.78, 5) is 47.8. The zero-order chi connectivity index (χ0) is 25.2. The zero-order valence-electron chi connectivity index (χ0n) is 19.8. The number of anilines is 2. The second kappa shape index (κ2) is 9.49. The molecule has 1 aliphatic rings. The first-order valence-corrected chi connectivity index (χ1v) is 11.4. The number of ether oxygens (including phenoxy) is 1. The predicted molar refractivity (Wildman–Crippen MR) is 134 cm³/mol. The summed E-state index contributed by atoms with van der Waals surface area (Å²) < 4.78 is 7.82. The molecule has 36 heavy (non-hydrogen) atoms. The van der Waals surface area contributed by atoms with Crippen LogP contribution in [-0.4, -0.2) is 45.3 Å². The summed E-state index contributed by atoms with van der Waals surface area (Å²) in [6, 6.07) is 15.7. The van der Waals surface area contributed by atoms with Crippen molar-refractivity contribution in [2.45, 2.75) is 13.3 Å². The lowest BCUT2D eigenvalue weighted by Crippen LogP contribution is -2.37. The number of fused-ring (bicyclic) bond motifs is 3. The Balaban J connectivity index is 1.36. The summed E-state index contributed by atoms with van der Waals surface area (Å²) in [5, 5.41) is 5.63. The van der Waals surface area contributed by atoms with Crippen molar-refractivity contribution in [2.75, 3.05) is 23.3 Å². The van der Waals surface area contributed by atoms with Crippen molar-refractivity contribution >= 4 is 40.1 Å². The molecule has 0 saturated carbocycles. The molecule has 0 bridgehead atoms. The number of pyridine rings is 1. The fourth-order valence-electron chi connectivity index (χ4n) is 4.16. The van der Waals surface area contributed by atoms with Gasteiger partial charge in [-0.3, -0.25) is 19.3 Å². The molecule has 1 aliphatic heterocycles. The van der Waals surface area contributed by atoms with E-state index in [1.54, 1.807) is 54.7 Å². The average molecular weight is 485 g/mol. The molecule has 0 unspecified atom stereocenters. The van der Waals surface area contributed by atoms with Gasteiger partial charge < -0.3 is 19.9 Å². The third-order valence-electron chi connectivity index (χ3n) is 5.89. The number of carbonyl (C=O) groups excluding carboxylic acids is 3. The number of rotatable bonds is 6. The zero-order valence-corrected chi connectivity index (χ0v) is 19.8. The summed E-state index contributed by atoms with van der Waals surface area (Å²) in [7, 11) is 1.91. The summed E-state index contributed by atoms with van der Waals surface area (Å²) in [6.45, 7) is 1.74. The molecular weight excluding hydrogens is 460 g/mol. The maximum Gasteiger partial charge on any atom is 0.262 e. The van der Waals surface area contributed by atoms with Crippen LogP contribution in [0.25, 0.3) is 11.0 Å². The molecule has 5 rings (SSSR count). The number of para-hydroxylation sites is 1. The smallest absolute Gasteiger partial charge is 0.262 e. The Labute approximate surface area is 206 Å². The molecule has 10 heteroatoms. The van der Waals surface area contributed by atoms with Crippen LogP contribution >= 0.6 is 0 Å². The number of nitrogens with zero attached hydrogens (tertiary/aromatic N) is 4. The lowest BCUT2D eigenvalue weighted by Gasteiger charge is -2.21. The Morgan fingerprint density at radius 2 is 1.92 bits per heavy atom. The number of aromatic nitrogens is 3. The maximum absolute atomic E-state index is 13.3. The number of carbonyl (C=O) groups is 3. The van der Waals surface area contributed by atoms with E-state index in [1.165, 1.54) is 11.8 Å². The molecule has 2 aromatic carbocycles. The Hall–Kier alpha value is -4.73. The fourth-order valence-corrected chi connectivity index (χ4v) is 4.16. The van der Waals surface area contributed by atoms with Gasteiger partial charge in [-0.05, 0) is 42.5 Å². The number of imidazole rings is 1. The topological polar surface area (TPSA) is 118 Å². The first-order valence-electron chi connectivity index (χ1n) is 11.4. The molecule has 0 saturated heterocycles. The molecule has 10 nitrogen and oxygen atoms in total. The number of hydrogen-bond acceptors (Lipinski definition) is 6. The largest absolute Gasteiger partial charge is 0.436 e. The summed E-state index contributed by atoms with van der Waals surface area (Å²) in [5.74, 6) is 0.649. The van der Waals surface area contributed by atoms with Gasteiger partial charge in [0.1, 0.15) is 23.8 Å². The molecule has 0 aliphatic carbocycles. The van der Waals surface area contributed by atoms with E-state index in [4.69, 9.17) is 4.74 Å². The number of benzene rings is 2. The minimum atomic E-state index is -0.376. The monoisotopic (exact) mass is 484 g/mol. The molecule has 0 spiro atoms. The van der Waals surface area contributed by atoms with Crippen LogP contribution in [0.2, 0.25) is 0 Å². The predicted octanol–water partition coefficient (Wildman–Crippen LogP) is 3.04. The van der Waals surface area contributed by atoms with Crippen molar-refractivity contribution in [1.29, 1.82) is 0 Å². The minimum Gasteiger partial charge on any atom is -0.436 e. The van der Waals surface area contributed by atoms with Gasteiger partial charge in [-0.25, -0.2) is 9.97 Å². The number of nitrogens with one attached hydrogen (secondary N) is 2. The standard InChI is InChI=1S/C26H24N6O4/c1-16(33)27-13-11-23-30-19-14-17(9-10-20(19)31(23)2)29-24(34)15-32-21-7-5-12-28-25(21)36-22-8-4-3-6-18(22)26(32)35/h3-10,12,14H,11,13,15H2,1-2H3,(H,27,33)(H,29,34). The van der Waals surface area contributed by atoms with Gasteiger partial charge in [-0.15, -0.1) is 0 Å². The van der Waals surface area contributed by atoms with Gasteiger partial charge in [0.25, 0.3) is 5.91 Å². The number of aryl methyl sites for hydroxylation is 1. The Bertz CT molecular complexity index is 1500. The maximum atomic E-state index is 13.3. The van der Waals surface area contributed by atoms with Crippen molar-refractivity contribution in [3.05, 3.63) is 72.2 Å². The summed E-state index contributed by atoms with van der Waals surface area (Å²) in [6.07, 6.45) is 2.16. The van der Waals surface area contributed by atoms with Gasteiger partial charge in [-0.2, -0.15) is 0 Å². The highest BCUT2D eigenvalue weighted by Gasteiger charge is 2.30. The van der Waals surface area contributed by atoms with Crippen LogP contribution in [0.4, 0.5) is 11.4 Å². The van der Waals surface area contributed by atoms with Crippen LogP contribution in [-0.2, 0) is 23.1 Å². The summed E-state index contributed by atoms with van der Waals surface area (Å²) >= 11 is 0. The molecule has 0 fully saturated rings. The van der Waals surface area contributed by atoms with Gasteiger partial charge in [0, 0.05) is 38.8 Å². The molecule has 0 atom stereocenters. The van der Waals surface area contributed by atoms with Crippen molar-refractivity contribution in [1.82, 2.24) is 19.9 Å². The lowest BCUT2D eigenvalue weighted by atomic mass is 10.1. The van der Waals surface area contributed by atoms with E-state index < -0.39 is 0 Å². The van der Waals surface area contributed by atoms with Gasteiger partial charge in [0.2, 0.25) is 17.7 Å². The SMILES string of the molecule is CC(=O)NCCc1nc2cc(NC(=O)CN3C(=O)c4ccccc4Oc4ncccc43)ccc2n1C. The highest BCUT2D eigenvalue weighted by atomic mass is 16.5. The molecule has 3 heterocycles. The molecule has 182 valence electrons. The van der Waals surface area contributed by atoms with Gasteiger partial charge >= 0.3 is 0 Å². The van der Waals surface area contributed by atoms with Gasteiger partial charge in [0.15, 0.2) is 0 Å². The van der Waals surface area contributed by atoms with Crippen LogP contribution in [0.1, 0.15) is 23.1 Å². The molecule has 2 aromatic heterocycles. The van der Waals surface area contributed by atoms with E-state index in [1.807, 2.05) is 17.7 Å². The third kappa shape index (κ3) is 4.48. The van der Waals surface area contributed by atoms with Crippen LogP contribution in [0.15, 0.2) is 60.8 Å². The van der Waals surface area contributed by atoms with E-state index in [-0.39, 0.29) is 30.1 Å². The number of amides is 3. The van der Waals surface area contributed by atoms with Crippen molar-refractivity contribution < 1.29 is 19.1 Å². The first-order chi connectivity index (χ1) is 17.4.